The molecule has 0 radical (unpaired) electrons. The quantitative estimate of drug-likeness (QED) is 0.630. The Balaban J connectivity index is 1.67. The van der Waals surface area contributed by atoms with E-state index < -0.39 is 4.92 Å². The maximum absolute atomic E-state index is 12.3. The van der Waals surface area contributed by atoms with Crippen molar-refractivity contribution in [2.45, 2.75) is 19.5 Å². The molecule has 0 unspecified atom stereocenters. The van der Waals surface area contributed by atoms with Gasteiger partial charge in [-0.1, -0.05) is 24.3 Å². The molecule has 0 atom stereocenters. The summed E-state index contributed by atoms with van der Waals surface area (Å²) < 4.78 is 1.45. The van der Waals surface area contributed by atoms with E-state index in [-0.39, 0.29) is 18.3 Å². The highest BCUT2D eigenvalue weighted by Crippen LogP contribution is 2.18. The average Bonchev–Trinajstić information content (AvgIpc) is 2.95. The van der Waals surface area contributed by atoms with Crippen molar-refractivity contribution in [3.05, 3.63) is 58.0 Å². The smallest absolute Gasteiger partial charge is 0.358 e. The molecule has 0 bridgehead atoms. The molecule has 1 amide bonds. The molecule has 0 saturated heterocycles. The number of fused-ring (bicyclic) bond motifs is 1. The first-order valence-electron chi connectivity index (χ1n) is 6.64. The third-order valence-corrected chi connectivity index (χ3v) is 3.61. The van der Waals surface area contributed by atoms with Crippen LogP contribution in [-0.2, 0) is 24.3 Å². The maximum atomic E-state index is 12.3. The molecule has 3 rings (SSSR count). The van der Waals surface area contributed by atoms with Gasteiger partial charge in [-0.3, -0.25) is 4.79 Å². The van der Waals surface area contributed by atoms with Crippen LogP contribution in [-0.4, -0.2) is 31.8 Å². The van der Waals surface area contributed by atoms with Gasteiger partial charge < -0.3 is 19.6 Å². The van der Waals surface area contributed by atoms with E-state index in [1.165, 1.54) is 22.7 Å². The standard InChI is InChI=1S/C14H14N4O3/c19-14(9-16-8-13(15-10-16)18(20)21)17-6-5-11-3-1-2-4-12(11)7-17/h1-4,8,10H,5-7,9H2. The Labute approximate surface area is 121 Å². The van der Waals surface area contributed by atoms with Gasteiger partial charge in [0.2, 0.25) is 12.2 Å². The Morgan fingerprint density at radius 1 is 1.33 bits per heavy atom. The molecule has 2 heterocycles. The predicted octanol–water partition coefficient (Wildman–Crippen LogP) is 1.38. The number of hydrogen-bond donors (Lipinski definition) is 0. The zero-order valence-electron chi connectivity index (χ0n) is 11.3. The molecular weight excluding hydrogens is 272 g/mol. The SMILES string of the molecule is O=C(Cn1cnc([N+](=O)[O-])c1)N1CCc2ccccc2C1. The highest BCUT2D eigenvalue weighted by molar-refractivity contribution is 5.76. The molecule has 0 N–H and O–H groups in total. The minimum Gasteiger partial charge on any atom is -0.358 e. The van der Waals surface area contributed by atoms with Crippen LogP contribution in [0.5, 0.6) is 0 Å². The monoisotopic (exact) mass is 286 g/mol. The van der Waals surface area contributed by atoms with Crippen LogP contribution in [0.2, 0.25) is 0 Å². The molecule has 21 heavy (non-hydrogen) atoms. The van der Waals surface area contributed by atoms with E-state index >= 15 is 0 Å². The van der Waals surface area contributed by atoms with Crippen molar-refractivity contribution in [3.63, 3.8) is 0 Å². The van der Waals surface area contributed by atoms with Gasteiger partial charge in [-0.25, -0.2) is 0 Å². The van der Waals surface area contributed by atoms with Crippen molar-refractivity contribution in [2.75, 3.05) is 6.54 Å². The third kappa shape index (κ3) is 2.76. The van der Waals surface area contributed by atoms with E-state index in [2.05, 4.69) is 11.1 Å². The third-order valence-electron chi connectivity index (χ3n) is 3.61. The van der Waals surface area contributed by atoms with Crippen molar-refractivity contribution >= 4 is 11.7 Å². The van der Waals surface area contributed by atoms with Gasteiger partial charge >= 0.3 is 5.82 Å². The first-order chi connectivity index (χ1) is 10.1. The highest BCUT2D eigenvalue weighted by atomic mass is 16.6. The number of amides is 1. The van der Waals surface area contributed by atoms with Crippen molar-refractivity contribution in [1.82, 2.24) is 14.5 Å². The van der Waals surface area contributed by atoms with Gasteiger partial charge in [0.25, 0.3) is 0 Å². The summed E-state index contributed by atoms with van der Waals surface area (Å²) in [5.74, 6) is -0.302. The Morgan fingerprint density at radius 3 is 2.81 bits per heavy atom. The summed E-state index contributed by atoms with van der Waals surface area (Å²) in [7, 11) is 0. The molecule has 0 aliphatic carbocycles. The average molecular weight is 286 g/mol. The number of imidazole rings is 1. The molecule has 0 fully saturated rings. The number of carbonyl (C=O) groups excluding carboxylic acids is 1. The Hall–Kier alpha value is -2.70. The lowest BCUT2D eigenvalue weighted by Crippen LogP contribution is -2.37. The van der Waals surface area contributed by atoms with Crippen molar-refractivity contribution in [2.24, 2.45) is 0 Å². The second kappa shape index (κ2) is 5.35. The van der Waals surface area contributed by atoms with Gasteiger partial charge in [-0.15, -0.1) is 0 Å². The van der Waals surface area contributed by atoms with Gasteiger partial charge in [0, 0.05) is 13.1 Å². The van der Waals surface area contributed by atoms with Gasteiger partial charge in [-0.2, -0.15) is 0 Å². The molecule has 2 aromatic rings. The number of nitro groups is 1. The fraction of sp³-hybridized carbons (Fsp3) is 0.286. The van der Waals surface area contributed by atoms with Crippen molar-refractivity contribution < 1.29 is 9.72 Å². The topological polar surface area (TPSA) is 81.3 Å². The van der Waals surface area contributed by atoms with Crippen LogP contribution in [0, 0.1) is 10.1 Å². The van der Waals surface area contributed by atoms with E-state index in [4.69, 9.17) is 0 Å². The fourth-order valence-corrected chi connectivity index (χ4v) is 2.49. The van der Waals surface area contributed by atoms with Crippen LogP contribution < -0.4 is 0 Å². The van der Waals surface area contributed by atoms with Gasteiger partial charge in [0.05, 0.1) is 0 Å². The fourth-order valence-electron chi connectivity index (χ4n) is 2.49. The summed E-state index contributed by atoms with van der Waals surface area (Å²) in [5.41, 5.74) is 2.44. The van der Waals surface area contributed by atoms with E-state index in [1.54, 1.807) is 4.90 Å². The Kier molecular flexibility index (Phi) is 3.39. The van der Waals surface area contributed by atoms with Gasteiger partial charge in [0.1, 0.15) is 12.7 Å². The van der Waals surface area contributed by atoms with Crippen molar-refractivity contribution in [3.8, 4) is 0 Å². The molecule has 7 heteroatoms. The first-order valence-corrected chi connectivity index (χ1v) is 6.64. The van der Waals surface area contributed by atoms with E-state index in [1.807, 2.05) is 18.2 Å². The first kappa shape index (κ1) is 13.3. The lowest BCUT2D eigenvalue weighted by Gasteiger charge is -2.28. The molecule has 1 aliphatic heterocycles. The molecule has 108 valence electrons. The van der Waals surface area contributed by atoms with Crippen molar-refractivity contribution in [1.29, 1.82) is 0 Å². The zero-order chi connectivity index (χ0) is 14.8. The summed E-state index contributed by atoms with van der Waals surface area (Å²) in [6.07, 6.45) is 3.43. The second-order valence-electron chi connectivity index (χ2n) is 5.00. The number of aromatic nitrogens is 2. The molecule has 7 nitrogen and oxygen atoms in total. The molecular formula is C14H14N4O3. The maximum Gasteiger partial charge on any atom is 0.381 e. The number of rotatable bonds is 3. The van der Waals surface area contributed by atoms with Gasteiger partial charge in [0.15, 0.2) is 0 Å². The summed E-state index contributed by atoms with van der Waals surface area (Å²) in [6, 6.07) is 8.07. The highest BCUT2D eigenvalue weighted by Gasteiger charge is 2.21. The van der Waals surface area contributed by atoms with Crippen LogP contribution in [0.3, 0.4) is 0 Å². The summed E-state index contributed by atoms with van der Waals surface area (Å²) >= 11 is 0. The van der Waals surface area contributed by atoms with E-state index in [0.29, 0.717) is 13.1 Å². The lowest BCUT2D eigenvalue weighted by atomic mass is 10.00. The predicted molar refractivity (Wildman–Crippen MR) is 74.4 cm³/mol. The van der Waals surface area contributed by atoms with Crippen LogP contribution >= 0.6 is 0 Å². The van der Waals surface area contributed by atoms with Gasteiger partial charge in [-0.05, 0) is 27.5 Å². The van der Waals surface area contributed by atoms with Crippen LogP contribution in [0.4, 0.5) is 5.82 Å². The van der Waals surface area contributed by atoms with Crippen LogP contribution in [0.1, 0.15) is 11.1 Å². The van der Waals surface area contributed by atoms with Crippen LogP contribution in [0.15, 0.2) is 36.8 Å². The lowest BCUT2D eigenvalue weighted by molar-refractivity contribution is -0.389. The number of nitrogens with zero attached hydrogens (tertiary/aromatic N) is 4. The van der Waals surface area contributed by atoms with Crippen LogP contribution in [0.25, 0.3) is 0 Å². The number of carbonyl (C=O) groups is 1. The largest absolute Gasteiger partial charge is 0.381 e. The second-order valence-corrected chi connectivity index (χ2v) is 5.00. The Bertz CT molecular complexity index is 695. The van der Waals surface area contributed by atoms with E-state index in [9.17, 15) is 14.9 Å². The molecule has 0 saturated carbocycles. The minimum absolute atomic E-state index is 0.0585. The summed E-state index contributed by atoms with van der Waals surface area (Å²) in [4.78, 5) is 27.7. The van der Waals surface area contributed by atoms with E-state index in [0.717, 1.165) is 12.0 Å². The molecule has 1 aromatic heterocycles. The number of benzene rings is 1. The Morgan fingerprint density at radius 2 is 2.10 bits per heavy atom. The molecule has 1 aromatic carbocycles. The summed E-state index contributed by atoms with van der Waals surface area (Å²) in [6.45, 7) is 1.33. The normalized spacial score (nSPS) is 13.8. The summed E-state index contributed by atoms with van der Waals surface area (Å²) in [5, 5.41) is 10.6. The molecule has 1 aliphatic rings. The number of hydrogen-bond acceptors (Lipinski definition) is 4. The minimum atomic E-state index is -0.571. The zero-order valence-corrected chi connectivity index (χ0v) is 11.3. The molecule has 0 spiro atoms.